The van der Waals surface area contributed by atoms with Crippen molar-refractivity contribution < 1.29 is 18.0 Å². The second-order valence-electron chi connectivity index (χ2n) is 7.21. The van der Waals surface area contributed by atoms with Crippen molar-refractivity contribution in [3.63, 3.8) is 0 Å². The standard InChI is InChI=1S/C17H18N4O4S2/c1-9(22)14-12-5-4-11(27(24,25)20-17(3)6-7-17)8-13(12)21(15(14)23)16-19-18-10(2)26-16/h4-5,8,14,20H,6-7H2,1-3H3. The maximum Gasteiger partial charge on any atom is 0.248 e. The monoisotopic (exact) mass is 406 g/mol. The van der Waals surface area contributed by atoms with Gasteiger partial charge in [0, 0.05) is 5.54 Å². The Morgan fingerprint density at radius 2 is 2.04 bits per heavy atom. The van der Waals surface area contributed by atoms with Crippen molar-refractivity contribution in [3.8, 4) is 0 Å². The van der Waals surface area contributed by atoms with Crippen LogP contribution in [0.4, 0.5) is 10.8 Å². The van der Waals surface area contributed by atoms with Gasteiger partial charge in [-0.1, -0.05) is 17.4 Å². The predicted molar refractivity (Wildman–Crippen MR) is 99.6 cm³/mol. The van der Waals surface area contributed by atoms with Crippen molar-refractivity contribution in [2.75, 3.05) is 4.90 Å². The van der Waals surface area contributed by atoms with Crippen LogP contribution >= 0.6 is 11.3 Å². The lowest BCUT2D eigenvalue weighted by Crippen LogP contribution is -2.34. The zero-order valence-corrected chi connectivity index (χ0v) is 16.6. The number of aryl methyl sites for hydroxylation is 1. The molecule has 0 radical (unpaired) electrons. The number of anilines is 2. The molecule has 2 aliphatic rings. The third kappa shape index (κ3) is 3.07. The Hall–Kier alpha value is -2.17. The second-order valence-corrected chi connectivity index (χ2v) is 10.1. The minimum atomic E-state index is -3.74. The lowest BCUT2D eigenvalue weighted by atomic mass is 9.97. The minimum absolute atomic E-state index is 0.0533. The zero-order valence-electron chi connectivity index (χ0n) is 15.0. The Morgan fingerprint density at radius 3 is 2.59 bits per heavy atom. The van der Waals surface area contributed by atoms with E-state index in [1.165, 1.54) is 41.4 Å². The summed E-state index contributed by atoms with van der Waals surface area (Å²) < 4.78 is 28.1. The highest BCUT2D eigenvalue weighted by atomic mass is 32.2. The summed E-state index contributed by atoms with van der Waals surface area (Å²) in [6.45, 7) is 4.96. The van der Waals surface area contributed by atoms with Gasteiger partial charge in [0.05, 0.1) is 10.6 Å². The van der Waals surface area contributed by atoms with E-state index in [4.69, 9.17) is 0 Å². The molecule has 1 atom stereocenters. The number of fused-ring (bicyclic) bond motifs is 1. The normalized spacial score (nSPS) is 20.6. The van der Waals surface area contributed by atoms with Crippen LogP contribution in [0.2, 0.25) is 0 Å². The van der Waals surface area contributed by atoms with Crippen LogP contribution in [0.3, 0.4) is 0 Å². The number of hydrogen-bond acceptors (Lipinski definition) is 7. The molecule has 1 aromatic carbocycles. The van der Waals surface area contributed by atoms with Crippen LogP contribution in [-0.4, -0.2) is 35.8 Å². The zero-order chi connectivity index (χ0) is 19.6. The smallest absolute Gasteiger partial charge is 0.248 e. The van der Waals surface area contributed by atoms with Crippen LogP contribution < -0.4 is 9.62 Å². The summed E-state index contributed by atoms with van der Waals surface area (Å²) in [5.74, 6) is -1.70. The molecule has 1 unspecified atom stereocenters. The third-order valence-electron chi connectivity index (χ3n) is 4.83. The van der Waals surface area contributed by atoms with Gasteiger partial charge in [0.15, 0.2) is 0 Å². The number of amides is 1. The molecule has 1 saturated carbocycles. The highest BCUT2D eigenvalue weighted by Gasteiger charge is 2.44. The first-order valence-corrected chi connectivity index (χ1v) is 10.7. The molecular formula is C17H18N4O4S2. The quantitative estimate of drug-likeness (QED) is 0.761. The van der Waals surface area contributed by atoms with Crippen molar-refractivity contribution >= 4 is 43.9 Å². The predicted octanol–water partition coefficient (Wildman–Crippen LogP) is 2.03. The molecule has 142 valence electrons. The summed E-state index contributed by atoms with van der Waals surface area (Å²) >= 11 is 1.21. The Kier molecular flexibility index (Phi) is 3.99. The highest BCUT2D eigenvalue weighted by Crippen LogP contribution is 2.44. The van der Waals surface area contributed by atoms with Gasteiger partial charge in [0.1, 0.15) is 16.7 Å². The lowest BCUT2D eigenvalue weighted by molar-refractivity contribution is -0.126. The van der Waals surface area contributed by atoms with E-state index in [1.54, 1.807) is 6.92 Å². The van der Waals surface area contributed by atoms with Crippen LogP contribution in [0, 0.1) is 6.92 Å². The molecule has 2 heterocycles. The number of carbonyl (C=O) groups excluding carboxylic acids is 2. The van der Waals surface area contributed by atoms with Crippen LogP contribution in [-0.2, 0) is 19.6 Å². The van der Waals surface area contributed by atoms with E-state index in [0.717, 1.165) is 12.8 Å². The Labute approximate surface area is 160 Å². The van der Waals surface area contributed by atoms with Gasteiger partial charge in [0.25, 0.3) is 0 Å². The van der Waals surface area contributed by atoms with E-state index in [1.807, 2.05) is 6.92 Å². The molecule has 1 aliphatic heterocycles. The number of sulfonamides is 1. The number of Topliss-reactive ketones (excluding diaryl/α,β-unsaturated/α-hetero) is 1. The maximum atomic E-state index is 12.9. The average molecular weight is 406 g/mol. The molecule has 27 heavy (non-hydrogen) atoms. The summed E-state index contributed by atoms with van der Waals surface area (Å²) in [6, 6.07) is 4.41. The molecule has 1 aromatic heterocycles. The lowest BCUT2D eigenvalue weighted by Gasteiger charge is -2.16. The van der Waals surface area contributed by atoms with Crippen LogP contribution in [0.25, 0.3) is 0 Å². The van der Waals surface area contributed by atoms with Gasteiger partial charge in [0.2, 0.25) is 21.1 Å². The summed E-state index contributed by atoms with van der Waals surface area (Å²) in [5, 5.41) is 8.91. The number of rotatable bonds is 5. The van der Waals surface area contributed by atoms with Crippen molar-refractivity contribution in [2.24, 2.45) is 0 Å². The third-order valence-corrected chi connectivity index (χ3v) is 7.29. The number of benzene rings is 1. The Balaban J connectivity index is 1.83. The number of aromatic nitrogens is 2. The first-order valence-electron chi connectivity index (χ1n) is 8.44. The molecule has 2 aromatic rings. The molecule has 1 amide bonds. The van der Waals surface area contributed by atoms with Crippen molar-refractivity contribution in [3.05, 3.63) is 28.8 Å². The fraction of sp³-hybridized carbons (Fsp3) is 0.412. The number of nitrogens with zero attached hydrogens (tertiary/aromatic N) is 3. The van der Waals surface area contributed by atoms with Gasteiger partial charge >= 0.3 is 0 Å². The molecular weight excluding hydrogens is 388 g/mol. The van der Waals surface area contributed by atoms with Crippen LogP contribution in [0.15, 0.2) is 23.1 Å². The number of nitrogens with one attached hydrogen (secondary N) is 1. The molecule has 1 fully saturated rings. The SMILES string of the molecule is CC(=O)C1C(=O)N(c2nnc(C)s2)c2cc(S(=O)(=O)NC3(C)CC3)ccc21. The molecule has 8 nitrogen and oxygen atoms in total. The molecule has 4 rings (SSSR count). The van der Waals surface area contributed by atoms with E-state index in [9.17, 15) is 18.0 Å². The molecule has 0 saturated heterocycles. The highest BCUT2D eigenvalue weighted by molar-refractivity contribution is 7.89. The van der Waals surface area contributed by atoms with Crippen molar-refractivity contribution in [1.29, 1.82) is 0 Å². The Bertz CT molecular complexity index is 1070. The number of carbonyl (C=O) groups is 2. The summed E-state index contributed by atoms with van der Waals surface area (Å²) in [7, 11) is -3.74. The molecule has 0 bridgehead atoms. The topological polar surface area (TPSA) is 109 Å². The van der Waals surface area contributed by atoms with E-state index in [0.29, 0.717) is 21.4 Å². The number of ketones is 1. The molecule has 0 spiro atoms. The number of hydrogen-bond donors (Lipinski definition) is 1. The van der Waals surface area contributed by atoms with E-state index in [-0.39, 0.29) is 10.7 Å². The fourth-order valence-corrected chi connectivity index (χ4v) is 5.34. The first kappa shape index (κ1) is 18.2. The summed E-state index contributed by atoms with van der Waals surface area (Å²) in [5.41, 5.74) is 0.433. The molecule has 1 N–H and O–H groups in total. The van der Waals surface area contributed by atoms with E-state index < -0.39 is 27.4 Å². The van der Waals surface area contributed by atoms with Gasteiger partial charge < -0.3 is 0 Å². The fourth-order valence-electron chi connectivity index (χ4n) is 3.15. The molecule has 10 heteroatoms. The summed E-state index contributed by atoms with van der Waals surface area (Å²) in [4.78, 5) is 26.3. The van der Waals surface area contributed by atoms with Crippen molar-refractivity contribution in [1.82, 2.24) is 14.9 Å². The first-order chi connectivity index (χ1) is 12.6. The minimum Gasteiger partial charge on any atom is -0.299 e. The van der Waals surface area contributed by atoms with Gasteiger partial charge in [-0.2, -0.15) is 0 Å². The second kappa shape index (κ2) is 5.91. The molecule has 1 aliphatic carbocycles. The average Bonchev–Trinajstić information content (AvgIpc) is 3.00. The maximum absolute atomic E-state index is 12.9. The van der Waals surface area contributed by atoms with E-state index >= 15 is 0 Å². The van der Waals surface area contributed by atoms with Gasteiger partial charge in [-0.05, 0) is 51.3 Å². The largest absolute Gasteiger partial charge is 0.299 e. The van der Waals surface area contributed by atoms with Crippen molar-refractivity contribution in [2.45, 2.75) is 50.0 Å². The van der Waals surface area contributed by atoms with Gasteiger partial charge in [-0.15, -0.1) is 10.2 Å². The summed E-state index contributed by atoms with van der Waals surface area (Å²) in [6.07, 6.45) is 1.58. The van der Waals surface area contributed by atoms with Crippen LogP contribution in [0.1, 0.15) is 43.2 Å². The van der Waals surface area contributed by atoms with E-state index in [2.05, 4.69) is 14.9 Å². The van der Waals surface area contributed by atoms with Crippen LogP contribution in [0.5, 0.6) is 0 Å². The Morgan fingerprint density at radius 1 is 1.33 bits per heavy atom. The van der Waals surface area contributed by atoms with Gasteiger partial charge in [-0.25, -0.2) is 13.1 Å². The van der Waals surface area contributed by atoms with Gasteiger partial charge in [-0.3, -0.25) is 14.5 Å².